The molecule has 0 saturated carbocycles. The van der Waals surface area contributed by atoms with Crippen LogP contribution < -0.4 is 0 Å². The van der Waals surface area contributed by atoms with Gasteiger partial charge in [0.25, 0.3) is 0 Å². The summed E-state index contributed by atoms with van der Waals surface area (Å²) in [5.74, 6) is 0. The maximum atomic E-state index is 10.2. The molecule has 1 aromatic carbocycles. The van der Waals surface area contributed by atoms with Crippen LogP contribution in [0.25, 0.3) is 0 Å². The standard InChI is InChI=1S/C19H31NO3/c1-5-10-23-15-19(21)14-20(9-6-11-22-4)13-18-12-16(2)7-8-17(18)3/h5,7-8,12,19,21H,1,6,9-11,13-15H2,2-4H3. The van der Waals surface area contributed by atoms with Gasteiger partial charge in [-0.25, -0.2) is 0 Å². The van der Waals surface area contributed by atoms with Gasteiger partial charge in [-0.3, -0.25) is 4.90 Å². The zero-order valence-electron chi connectivity index (χ0n) is 14.8. The molecule has 4 heteroatoms. The number of nitrogens with zero attached hydrogens (tertiary/aromatic N) is 1. The van der Waals surface area contributed by atoms with Gasteiger partial charge in [0.1, 0.15) is 0 Å². The third-order valence-corrected chi connectivity index (χ3v) is 3.74. The normalized spacial score (nSPS) is 12.6. The molecule has 1 unspecified atom stereocenters. The smallest absolute Gasteiger partial charge is 0.0900 e. The monoisotopic (exact) mass is 321 g/mol. The summed E-state index contributed by atoms with van der Waals surface area (Å²) in [6, 6.07) is 6.51. The predicted molar refractivity (Wildman–Crippen MR) is 94.7 cm³/mol. The Balaban J connectivity index is 2.63. The Morgan fingerprint density at radius 2 is 2.13 bits per heavy atom. The van der Waals surface area contributed by atoms with Crippen molar-refractivity contribution in [3.05, 3.63) is 47.5 Å². The van der Waals surface area contributed by atoms with E-state index in [1.807, 2.05) is 0 Å². The average molecular weight is 321 g/mol. The van der Waals surface area contributed by atoms with Crippen LogP contribution in [0.2, 0.25) is 0 Å². The summed E-state index contributed by atoms with van der Waals surface area (Å²) in [5.41, 5.74) is 3.85. The Bertz CT molecular complexity index is 462. The Labute approximate surface area is 140 Å². The lowest BCUT2D eigenvalue weighted by Crippen LogP contribution is -2.35. The molecule has 1 N–H and O–H groups in total. The highest BCUT2D eigenvalue weighted by Gasteiger charge is 2.13. The van der Waals surface area contributed by atoms with E-state index in [2.05, 4.69) is 43.5 Å². The second-order valence-corrected chi connectivity index (χ2v) is 5.99. The molecule has 0 radical (unpaired) electrons. The number of rotatable bonds is 12. The minimum atomic E-state index is -0.498. The molecule has 0 amide bonds. The second kappa shape index (κ2) is 11.4. The van der Waals surface area contributed by atoms with E-state index in [-0.39, 0.29) is 0 Å². The zero-order valence-corrected chi connectivity index (χ0v) is 14.8. The summed E-state index contributed by atoms with van der Waals surface area (Å²) in [5, 5.41) is 10.2. The van der Waals surface area contributed by atoms with E-state index < -0.39 is 6.10 Å². The van der Waals surface area contributed by atoms with Crippen molar-refractivity contribution in [3.63, 3.8) is 0 Å². The van der Waals surface area contributed by atoms with Gasteiger partial charge < -0.3 is 14.6 Å². The zero-order chi connectivity index (χ0) is 17.1. The van der Waals surface area contributed by atoms with Crippen LogP contribution in [0.15, 0.2) is 30.9 Å². The first kappa shape index (κ1) is 19.8. The van der Waals surface area contributed by atoms with Crippen molar-refractivity contribution in [1.29, 1.82) is 0 Å². The van der Waals surface area contributed by atoms with E-state index in [0.29, 0.717) is 19.8 Å². The number of aliphatic hydroxyl groups is 1. The predicted octanol–water partition coefficient (Wildman–Crippen LogP) is 2.71. The first-order valence-electron chi connectivity index (χ1n) is 8.21. The fourth-order valence-electron chi connectivity index (χ4n) is 2.52. The van der Waals surface area contributed by atoms with Crippen molar-refractivity contribution in [2.45, 2.75) is 32.9 Å². The van der Waals surface area contributed by atoms with E-state index >= 15 is 0 Å². The molecule has 0 aliphatic rings. The van der Waals surface area contributed by atoms with Crippen molar-refractivity contribution in [2.24, 2.45) is 0 Å². The first-order chi connectivity index (χ1) is 11.1. The van der Waals surface area contributed by atoms with Crippen LogP contribution in [0.5, 0.6) is 0 Å². The van der Waals surface area contributed by atoms with Gasteiger partial charge in [0, 0.05) is 33.4 Å². The summed E-state index contributed by atoms with van der Waals surface area (Å²) in [6.45, 7) is 11.7. The molecule has 0 heterocycles. The maximum Gasteiger partial charge on any atom is 0.0900 e. The molecule has 1 atom stereocenters. The van der Waals surface area contributed by atoms with Gasteiger partial charge in [0.2, 0.25) is 0 Å². The molecule has 1 rings (SSSR count). The van der Waals surface area contributed by atoms with Crippen molar-refractivity contribution >= 4 is 0 Å². The molecular formula is C19H31NO3. The molecule has 0 aliphatic carbocycles. The third kappa shape index (κ3) is 8.28. The minimum Gasteiger partial charge on any atom is -0.389 e. The number of ether oxygens (including phenoxy) is 2. The molecule has 0 saturated heterocycles. The Morgan fingerprint density at radius 1 is 1.35 bits per heavy atom. The van der Waals surface area contributed by atoms with Gasteiger partial charge in [0.15, 0.2) is 0 Å². The quantitative estimate of drug-likeness (QED) is 0.475. The van der Waals surface area contributed by atoms with Crippen LogP contribution in [-0.2, 0) is 16.0 Å². The van der Waals surface area contributed by atoms with Crippen molar-refractivity contribution in [2.75, 3.05) is 40.0 Å². The molecule has 130 valence electrons. The summed E-state index contributed by atoms with van der Waals surface area (Å²) < 4.78 is 10.5. The first-order valence-corrected chi connectivity index (χ1v) is 8.21. The van der Waals surface area contributed by atoms with E-state index in [1.54, 1.807) is 13.2 Å². The van der Waals surface area contributed by atoms with Crippen LogP contribution in [0.3, 0.4) is 0 Å². The van der Waals surface area contributed by atoms with E-state index in [0.717, 1.165) is 26.1 Å². The summed E-state index contributed by atoms with van der Waals surface area (Å²) in [4.78, 5) is 2.27. The van der Waals surface area contributed by atoms with Crippen LogP contribution in [0, 0.1) is 13.8 Å². The molecule has 0 aliphatic heterocycles. The van der Waals surface area contributed by atoms with Crippen LogP contribution in [-0.4, -0.2) is 56.1 Å². The molecule has 0 spiro atoms. The Morgan fingerprint density at radius 3 is 2.83 bits per heavy atom. The third-order valence-electron chi connectivity index (χ3n) is 3.74. The lowest BCUT2D eigenvalue weighted by atomic mass is 10.0. The van der Waals surface area contributed by atoms with E-state index in [1.165, 1.54) is 16.7 Å². The number of benzene rings is 1. The van der Waals surface area contributed by atoms with Gasteiger partial charge in [-0.15, -0.1) is 6.58 Å². The SMILES string of the molecule is C=CCOCC(O)CN(CCCOC)Cc1cc(C)ccc1C. The summed E-state index contributed by atoms with van der Waals surface area (Å²) >= 11 is 0. The summed E-state index contributed by atoms with van der Waals surface area (Å²) in [7, 11) is 1.72. The lowest BCUT2D eigenvalue weighted by molar-refractivity contribution is 0.0229. The fraction of sp³-hybridized carbons (Fsp3) is 0.579. The van der Waals surface area contributed by atoms with Crippen molar-refractivity contribution in [3.8, 4) is 0 Å². The molecule has 0 fully saturated rings. The van der Waals surface area contributed by atoms with Crippen molar-refractivity contribution < 1.29 is 14.6 Å². The van der Waals surface area contributed by atoms with Crippen LogP contribution in [0.1, 0.15) is 23.1 Å². The van der Waals surface area contributed by atoms with Crippen LogP contribution >= 0.6 is 0 Å². The van der Waals surface area contributed by atoms with E-state index in [4.69, 9.17) is 9.47 Å². The molecule has 0 aromatic heterocycles. The number of hydrogen-bond donors (Lipinski definition) is 1. The Kier molecular flexibility index (Phi) is 9.80. The lowest BCUT2D eigenvalue weighted by Gasteiger charge is -2.26. The van der Waals surface area contributed by atoms with Gasteiger partial charge in [-0.1, -0.05) is 29.8 Å². The number of aryl methyl sites for hydroxylation is 2. The number of aliphatic hydroxyl groups excluding tert-OH is 1. The van der Waals surface area contributed by atoms with Gasteiger partial charge in [-0.2, -0.15) is 0 Å². The Hall–Kier alpha value is -1.20. The minimum absolute atomic E-state index is 0.333. The van der Waals surface area contributed by atoms with Gasteiger partial charge in [-0.05, 0) is 31.4 Å². The highest BCUT2D eigenvalue weighted by atomic mass is 16.5. The molecule has 0 bridgehead atoms. The topological polar surface area (TPSA) is 41.9 Å². The molecular weight excluding hydrogens is 290 g/mol. The van der Waals surface area contributed by atoms with Crippen LogP contribution in [0.4, 0.5) is 0 Å². The van der Waals surface area contributed by atoms with Gasteiger partial charge >= 0.3 is 0 Å². The largest absolute Gasteiger partial charge is 0.389 e. The number of hydrogen-bond acceptors (Lipinski definition) is 4. The molecule has 4 nitrogen and oxygen atoms in total. The highest BCUT2D eigenvalue weighted by molar-refractivity contribution is 5.30. The summed E-state index contributed by atoms with van der Waals surface area (Å²) in [6.07, 6.45) is 2.14. The van der Waals surface area contributed by atoms with E-state index in [9.17, 15) is 5.11 Å². The second-order valence-electron chi connectivity index (χ2n) is 5.99. The maximum absolute atomic E-state index is 10.2. The molecule has 23 heavy (non-hydrogen) atoms. The highest BCUT2D eigenvalue weighted by Crippen LogP contribution is 2.14. The fourth-order valence-corrected chi connectivity index (χ4v) is 2.52. The van der Waals surface area contributed by atoms with Gasteiger partial charge in [0.05, 0.1) is 19.3 Å². The molecule has 1 aromatic rings. The average Bonchev–Trinajstić information content (AvgIpc) is 2.51. The number of methoxy groups -OCH3 is 1. The van der Waals surface area contributed by atoms with Crippen molar-refractivity contribution in [1.82, 2.24) is 4.90 Å².